The van der Waals surface area contributed by atoms with Gasteiger partial charge < -0.3 is 10.2 Å². The van der Waals surface area contributed by atoms with Gasteiger partial charge in [-0.25, -0.2) is 0 Å². The molecule has 0 spiro atoms. The molecule has 0 radical (unpaired) electrons. The number of aromatic nitrogens is 2. The standard InChI is InChI=1S/C18H23N5O3/c1-2-19-17(25)12-21-7-9-22(10-8-21)18(26)13-23-15-6-4-3-5-14(15)16(24)11-20-23/h3-6,11H,2,7-10,12-13H2,1H3,(H,19,25). The van der Waals surface area contributed by atoms with Crippen LogP contribution in [0.3, 0.4) is 0 Å². The van der Waals surface area contributed by atoms with Gasteiger partial charge in [0.2, 0.25) is 17.2 Å². The summed E-state index contributed by atoms with van der Waals surface area (Å²) in [7, 11) is 0. The summed E-state index contributed by atoms with van der Waals surface area (Å²) in [6.07, 6.45) is 1.25. The van der Waals surface area contributed by atoms with E-state index in [9.17, 15) is 14.4 Å². The van der Waals surface area contributed by atoms with Crippen LogP contribution in [-0.4, -0.2) is 70.7 Å². The van der Waals surface area contributed by atoms with E-state index in [1.165, 1.54) is 6.20 Å². The lowest BCUT2D eigenvalue weighted by Gasteiger charge is -2.34. The van der Waals surface area contributed by atoms with E-state index in [1.807, 2.05) is 17.9 Å². The Morgan fingerprint density at radius 1 is 1.12 bits per heavy atom. The number of nitrogens with one attached hydrogen (secondary N) is 1. The number of rotatable bonds is 5. The molecule has 1 saturated heterocycles. The van der Waals surface area contributed by atoms with Crippen molar-refractivity contribution < 1.29 is 9.59 Å². The van der Waals surface area contributed by atoms with E-state index in [0.29, 0.717) is 50.2 Å². The molecule has 0 saturated carbocycles. The summed E-state index contributed by atoms with van der Waals surface area (Å²) >= 11 is 0. The molecule has 2 amide bonds. The largest absolute Gasteiger partial charge is 0.355 e. The number of fused-ring (bicyclic) bond motifs is 1. The molecule has 1 aliphatic rings. The van der Waals surface area contributed by atoms with Crippen LogP contribution in [-0.2, 0) is 16.1 Å². The number of likely N-dealkylation sites (N-methyl/N-ethyl adjacent to an activating group) is 1. The minimum absolute atomic E-state index is 0.0104. The molecule has 2 aromatic rings. The molecule has 26 heavy (non-hydrogen) atoms. The third-order valence-electron chi connectivity index (χ3n) is 4.51. The molecule has 0 unspecified atom stereocenters. The van der Waals surface area contributed by atoms with Crippen molar-refractivity contribution >= 4 is 22.7 Å². The number of amides is 2. The molecular weight excluding hydrogens is 334 g/mol. The number of benzene rings is 1. The average Bonchev–Trinajstić information content (AvgIpc) is 2.65. The molecule has 2 heterocycles. The van der Waals surface area contributed by atoms with Gasteiger partial charge >= 0.3 is 0 Å². The summed E-state index contributed by atoms with van der Waals surface area (Å²) in [5, 5.41) is 7.45. The van der Waals surface area contributed by atoms with Crippen LogP contribution in [0, 0.1) is 0 Å². The fraction of sp³-hybridized carbons (Fsp3) is 0.444. The van der Waals surface area contributed by atoms with Crippen molar-refractivity contribution in [3.8, 4) is 0 Å². The fourth-order valence-electron chi connectivity index (χ4n) is 3.13. The van der Waals surface area contributed by atoms with Crippen LogP contribution >= 0.6 is 0 Å². The molecule has 8 nitrogen and oxygen atoms in total. The van der Waals surface area contributed by atoms with Crippen molar-refractivity contribution in [3.63, 3.8) is 0 Å². The van der Waals surface area contributed by atoms with Gasteiger partial charge in [-0.2, -0.15) is 5.10 Å². The zero-order valence-electron chi connectivity index (χ0n) is 14.9. The lowest BCUT2D eigenvalue weighted by atomic mass is 10.2. The third-order valence-corrected chi connectivity index (χ3v) is 4.51. The Hall–Kier alpha value is -2.74. The average molecular weight is 357 g/mol. The summed E-state index contributed by atoms with van der Waals surface area (Å²) in [5.74, 6) is -0.0276. The second-order valence-electron chi connectivity index (χ2n) is 6.29. The van der Waals surface area contributed by atoms with E-state index < -0.39 is 0 Å². The van der Waals surface area contributed by atoms with Gasteiger partial charge in [0.05, 0.1) is 18.3 Å². The van der Waals surface area contributed by atoms with Crippen LogP contribution < -0.4 is 10.7 Å². The molecule has 0 aliphatic carbocycles. The zero-order valence-corrected chi connectivity index (χ0v) is 14.9. The van der Waals surface area contributed by atoms with Gasteiger partial charge in [0, 0.05) is 38.1 Å². The van der Waals surface area contributed by atoms with Crippen LogP contribution in [0.5, 0.6) is 0 Å². The number of para-hydroxylation sites is 1. The Morgan fingerprint density at radius 3 is 2.58 bits per heavy atom. The molecule has 138 valence electrons. The Morgan fingerprint density at radius 2 is 1.85 bits per heavy atom. The van der Waals surface area contributed by atoms with Crippen LogP contribution in [0.1, 0.15) is 6.92 Å². The second-order valence-corrected chi connectivity index (χ2v) is 6.29. The van der Waals surface area contributed by atoms with Crippen molar-refractivity contribution in [1.82, 2.24) is 24.9 Å². The fourth-order valence-corrected chi connectivity index (χ4v) is 3.13. The molecule has 1 N–H and O–H groups in total. The molecule has 0 atom stereocenters. The number of hydrogen-bond acceptors (Lipinski definition) is 5. The summed E-state index contributed by atoms with van der Waals surface area (Å²) in [6, 6.07) is 7.15. The summed E-state index contributed by atoms with van der Waals surface area (Å²) in [5.41, 5.74) is 0.506. The molecule has 3 rings (SSSR count). The van der Waals surface area contributed by atoms with E-state index >= 15 is 0 Å². The molecule has 1 aromatic heterocycles. The Balaban J connectivity index is 1.61. The monoisotopic (exact) mass is 357 g/mol. The molecule has 8 heteroatoms. The highest BCUT2D eigenvalue weighted by molar-refractivity contribution is 5.81. The predicted molar refractivity (Wildman–Crippen MR) is 97.7 cm³/mol. The lowest BCUT2D eigenvalue weighted by molar-refractivity contribution is -0.134. The van der Waals surface area contributed by atoms with Crippen molar-refractivity contribution in [2.24, 2.45) is 0 Å². The third kappa shape index (κ3) is 4.08. The number of piperazine rings is 1. The number of carbonyl (C=O) groups excluding carboxylic acids is 2. The second kappa shape index (κ2) is 8.09. The van der Waals surface area contributed by atoms with Gasteiger partial charge in [-0.15, -0.1) is 0 Å². The first-order chi connectivity index (χ1) is 12.6. The topological polar surface area (TPSA) is 87.5 Å². The number of nitrogens with zero attached hydrogens (tertiary/aromatic N) is 4. The Kier molecular flexibility index (Phi) is 5.62. The van der Waals surface area contributed by atoms with Crippen molar-refractivity contribution in [1.29, 1.82) is 0 Å². The summed E-state index contributed by atoms with van der Waals surface area (Å²) < 4.78 is 1.57. The zero-order chi connectivity index (χ0) is 18.5. The molecular formula is C18H23N5O3. The Bertz CT molecular complexity index is 855. The van der Waals surface area contributed by atoms with E-state index in [4.69, 9.17) is 0 Å². The van der Waals surface area contributed by atoms with Crippen LogP contribution in [0.2, 0.25) is 0 Å². The minimum atomic E-state index is -0.150. The van der Waals surface area contributed by atoms with E-state index in [0.717, 1.165) is 0 Å². The Labute approximate surface area is 151 Å². The number of hydrogen-bond donors (Lipinski definition) is 1. The maximum atomic E-state index is 12.6. The van der Waals surface area contributed by atoms with Crippen molar-refractivity contribution in [2.75, 3.05) is 39.3 Å². The van der Waals surface area contributed by atoms with Gasteiger partial charge in [-0.05, 0) is 19.1 Å². The van der Waals surface area contributed by atoms with E-state index in [1.54, 1.807) is 27.8 Å². The molecule has 1 fully saturated rings. The molecule has 0 bridgehead atoms. The normalized spacial score (nSPS) is 15.2. The number of carbonyl (C=O) groups is 2. The van der Waals surface area contributed by atoms with Gasteiger partial charge in [0.15, 0.2) is 0 Å². The maximum absolute atomic E-state index is 12.6. The van der Waals surface area contributed by atoms with Gasteiger partial charge in [0.25, 0.3) is 0 Å². The van der Waals surface area contributed by atoms with Gasteiger partial charge in [0.1, 0.15) is 6.54 Å². The molecule has 1 aromatic carbocycles. The van der Waals surface area contributed by atoms with E-state index in [-0.39, 0.29) is 23.8 Å². The van der Waals surface area contributed by atoms with Gasteiger partial charge in [-0.1, -0.05) is 12.1 Å². The van der Waals surface area contributed by atoms with Crippen LogP contribution in [0.25, 0.3) is 10.9 Å². The van der Waals surface area contributed by atoms with Crippen LogP contribution in [0.4, 0.5) is 0 Å². The lowest BCUT2D eigenvalue weighted by Crippen LogP contribution is -2.51. The quantitative estimate of drug-likeness (QED) is 0.792. The summed E-state index contributed by atoms with van der Waals surface area (Å²) in [6.45, 7) is 5.47. The molecule has 1 aliphatic heterocycles. The first-order valence-corrected chi connectivity index (χ1v) is 8.80. The maximum Gasteiger partial charge on any atom is 0.244 e. The highest BCUT2D eigenvalue weighted by Crippen LogP contribution is 2.09. The summed E-state index contributed by atoms with van der Waals surface area (Å²) in [4.78, 5) is 40.0. The first-order valence-electron chi connectivity index (χ1n) is 8.80. The highest BCUT2D eigenvalue weighted by Gasteiger charge is 2.22. The smallest absolute Gasteiger partial charge is 0.244 e. The van der Waals surface area contributed by atoms with Crippen molar-refractivity contribution in [3.05, 3.63) is 40.7 Å². The first kappa shape index (κ1) is 18.1. The highest BCUT2D eigenvalue weighted by atomic mass is 16.2. The van der Waals surface area contributed by atoms with E-state index in [2.05, 4.69) is 10.4 Å². The van der Waals surface area contributed by atoms with Crippen molar-refractivity contribution in [2.45, 2.75) is 13.5 Å². The SMILES string of the molecule is CCNC(=O)CN1CCN(C(=O)Cn2ncc(=O)c3ccccc32)CC1. The predicted octanol–water partition coefficient (Wildman–Crippen LogP) is -0.323. The van der Waals surface area contributed by atoms with Crippen LogP contribution in [0.15, 0.2) is 35.3 Å². The minimum Gasteiger partial charge on any atom is -0.355 e. The van der Waals surface area contributed by atoms with Gasteiger partial charge in [-0.3, -0.25) is 24.0 Å².